The van der Waals surface area contributed by atoms with Crippen LogP contribution in [0.1, 0.15) is 38.8 Å². The molecule has 2 heterocycles. The zero-order chi connectivity index (χ0) is 22.1. The molecule has 1 amide bonds. The molecule has 2 atom stereocenters. The van der Waals surface area contributed by atoms with Crippen LogP contribution in [0.25, 0.3) is 11.0 Å². The zero-order valence-electron chi connectivity index (χ0n) is 18.0. The first-order chi connectivity index (χ1) is 14.9. The molecule has 31 heavy (non-hydrogen) atoms. The second-order valence-electron chi connectivity index (χ2n) is 8.21. The van der Waals surface area contributed by atoms with Crippen molar-refractivity contribution in [1.29, 1.82) is 0 Å². The number of aromatic hydroxyl groups is 1. The van der Waals surface area contributed by atoms with E-state index in [-0.39, 0.29) is 18.3 Å². The molecule has 1 N–H and O–H groups in total. The Labute approximate surface area is 181 Å². The van der Waals surface area contributed by atoms with Gasteiger partial charge < -0.3 is 14.4 Å². The second-order valence-corrected chi connectivity index (χ2v) is 8.21. The number of benzene rings is 2. The summed E-state index contributed by atoms with van der Waals surface area (Å²) in [5.74, 6) is -0.995. The Kier molecular flexibility index (Phi) is 5.67. The number of rotatable bonds is 6. The van der Waals surface area contributed by atoms with Gasteiger partial charge in [0.1, 0.15) is 5.75 Å². The number of amides is 1. The smallest absolute Gasteiger partial charge is 0.321 e. The number of carbonyl (C=O) groups excluding carboxylic acids is 2. The first-order valence-electron chi connectivity index (χ1n) is 10.7. The Morgan fingerprint density at radius 2 is 1.97 bits per heavy atom. The molecular formula is C24H27N3O4. The Morgan fingerprint density at radius 1 is 1.19 bits per heavy atom. The number of hydrogen-bond acceptors (Lipinski definition) is 5. The maximum atomic E-state index is 13.7. The maximum absolute atomic E-state index is 13.7. The van der Waals surface area contributed by atoms with Gasteiger partial charge in [0.05, 0.1) is 23.7 Å². The van der Waals surface area contributed by atoms with Crippen LogP contribution in [0, 0.1) is 11.8 Å². The summed E-state index contributed by atoms with van der Waals surface area (Å²) in [4.78, 5) is 33.1. The van der Waals surface area contributed by atoms with E-state index in [2.05, 4.69) is 13.8 Å². The fourth-order valence-electron chi connectivity index (χ4n) is 4.16. The zero-order valence-corrected chi connectivity index (χ0v) is 18.0. The van der Waals surface area contributed by atoms with E-state index in [1.807, 2.05) is 34.9 Å². The summed E-state index contributed by atoms with van der Waals surface area (Å²) in [5, 5.41) is 10.1. The van der Waals surface area contributed by atoms with E-state index < -0.39 is 17.9 Å². The van der Waals surface area contributed by atoms with Gasteiger partial charge in [0.25, 0.3) is 0 Å². The largest absolute Gasteiger partial charge is 0.508 e. The van der Waals surface area contributed by atoms with Crippen LogP contribution < -0.4 is 4.90 Å². The highest BCUT2D eigenvalue weighted by atomic mass is 16.5. The molecule has 0 fully saturated rings. The van der Waals surface area contributed by atoms with E-state index in [9.17, 15) is 14.7 Å². The molecule has 1 aliphatic heterocycles. The number of esters is 1. The van der Waals surface area contributed by atoms with Crippen molar-refractivity contribution in [1.82, 2.24) is 9.55 Å². The van der Waals surface area contributed by atoms with Crippen molar-refractivity contribution >= 4 is 28.9 Å². The first kappa shape index (κ1) is 20.9. The molecule has 0 radical (unpaired) electrons. The molecule has 0 saturated carbocycles. The van der Waals surface area contributed by atoms with Crippen molar-refractivity contribution in [2.24, 2.45) is 11.8 Å². The van der Waals surface area contributed by atoms with Crippen LogP contribution in [0.2, 0.25) is 0 Å². The molecule has 4 rings (SSSR count). The number of hydrogen-bond donors (Lipinski definition) is 1. The number of ether oxygens (including phenoxy) is 1. The second kappa shape index (κ2) is 8.41. The lowest BCUT2D eigenvalue weighted by atomic mass is 9.89. The van der Waals surface area contributed by atoms with E-state index in [1.54, 1.807) is 30.0 Å². The SMILES string of the molecule is CCOC(=O)[C@H]1C(=O)N(CCC(C)C)c2nc3ccccc3n2[C@@H]1c1cccc(O)c1. The van der Waals surface area contributed by atoms with Crippen LogP contribution in [0.15, 0.2) is 48.5 Å². The van der Waals surface area contributed by atoms with Crippen molar-refractivity contribution < 1.29 is 19.4 Å². The summed E-state index contributed by atoms with van der Waals surface area (Å²) in [6.07, 6.45) is 0.779. The predicted molar refractivity (Wildman–Crippen MR) is 118 cm³/mol. The van der Waals surface area contributed by atoms with Gasteiger partial charge in [0.15, 0.2) is 5.92 Å². The van der Waals surface area contributed by atoms with E-state index in [0.29, 0.717) is 24.0 Å². The summed E-state index contributed by atoms with van der Waals surface area (Å²) >= 11 is 0. The van der Waals surface area contributed by atoms with Gasteiger partial charge in [-0.1, -0.05) is 38.1 Å². The molecule has 0 bridgehead atoms. The normalized spacial score (nSPS) is 18.5. The number of fused-ring (bicyclic) bond motifs is 3. The highest BCUT2D eigenvalue weighted by Gasteiger charge is 2.47. The predicted octanol–water partition coefficient (Wildman–Crippen LogP) is 3.90. The third kappa shape index (κ3) is 3.76. The third-order valence-corrected chi connectivity index (χ3v) is 5.63. The van der Waals surface area contributed by atoms with Gasteiger partial charge in [-0.25, -0.2) is 4.98 Å². The minimum absolute atomic E-state index is 0.0702. The number of phenolic OH excluding ortho intramolecular Hbond substituents is 1. The standard InChI is InChI=1S/C24H27N3O4/c1-4-31-23(30)20-21(16-8-7-9-17(28)14-16)27-19-11-6-5-10-18(19)25-24(27)26(22(20)29)13-12-15(2)3/h5-11,14-15,20-21,28H,4,12-13H2,1-3H3/t20-,21-/m1/s1. The average molecular weight is 421 g/mol. The van der Waals surface area contributed by atoms with E-state index in [0.717, 1.165) is 17.5 Å². The summed E-state index contributed by atoms with van der Waals surface area (Å²) in [7, 11) is 0. The van der Waals surface area contributed by atoms with Crippen LogP contribution >= 0.6 is 0 Å². The first-order valence-corrected chi connectivity index (χ1v) is 10.7. The molecule has 7 heteroatoms. The molecule has 0 saturated heterocycles. The summed E-state index contributed by atoms with van der Waals surface area (Å²) in [6.45, 7) is 6.55. The Morgan fingerprint density at radius 3 is 2.68 bits per heavy atom. The molecule has 3 aromatic rings. The van der Waals surface area contributed by atoms with Crippen LogP contribution in [0.5, 0.6) is 5.75 Å². The van der Waals surface area contributed by atoms with Gasteiger partial charge in [-0.15, -0.1) is 0 Å². The maximum Gasteiger partial charge on any atom is 0.321 e. The minimum Gasteiger partial charge on any atom is -0.508 e. The summed E-state index contributed by atoms with van der Waals surface area (Å²) in [6, 6.07) is 13.6. The molecule has 7 nitrogen and oxygen atoms in total. The van der Waals surface area contributed by atoms with Crippen molar-refractivity contribution in [3.05, 3.63) is 54.1 Å². The monoisotopic (exact) mass is 421 g/mol. The van der Waals surface area contributed by atoms with Crippen molar-refractivity contribution in [3.63, 3.8) is 0 Å². The fraction of sp³-hybridized carbons (Fsp3) is 0.375. The van der Waals surface area contributed by atoms with Gasteiger partial charge in [-0.3, -0.25) is 14.5 Å². The molecule has 1 aromatic heterocycles. The lowest BCUT2D eigenvalue weighted by molar-refractivity contribution is -0.153. The Hall–Kier alpha value is -3.35. The highest BCUT2D eigenvalue weighted by Crippen LogP contribution is 2.42. The summed E-state index contributed by atoms with van der Waals surface area (Å²) in [5.41, 5.74) is 2.22. The highest BCUT2D eigenvalue weighted by molar-refractivity contribution is 6.08. The number of phenols is 1. The van der Waals surface area contributed by atoms with Gasteiger partial charge in [-0.05, 0) is 49.1 Å². The molecule has 162 valence electrons. The van der Waals surface area contributed by atoms with Gasteiger partial charge >= 0.3 is 5.97 Å². The van der Waals surface area contributed by atoms with Crippen LogP contribution in [0.4, 0.5) is 5.95 Å². The van der Waals surface area contributed by atoms with Gasteiger partial charge in [-0.2, -0.15) is 0 Å². The molecule has 0 aliphatic carbocycles. The number of carbonyl (C=O) groups is 2. The van der Waals surface area contributed by atoms with E-state index in [4.69, 9.17) is 9.72 Å². The lowest BCUT2D eigenvalue weighted by Gasteiger charge is -2.38. The molecular weight excluding hydrogens is 394 g/mol. The van der Waals surface area contributed by atoms with E-state index in [1.165, 1.54) is 0 Å². The topological polar surface area (TPSA) is 84.7 Å². The Balaban J connectivity index is 1.97. The van der Waals surface area contributed by atoms with Crippen molar-refractivity contribution in [3.8, 4) is 5.75 Å². The van der Waals surface area contributed by atoms with Gasteiger partial charge in [0, 0.05) is 6.54 Å². The quantitative estimate of drug-likeness (QED) is 0.482. The number of imidazole rings is 1. The van der Waals surface area contributed by atoms with Crippen LogP contribution in [-0.4, -0.2) is 39.7 Å². The van der Waals surface area contributed by atoms with Crippen molar-refractivity contribution in [2.75, 3.05) is 18.1 Å². The fourth-order valence-corrected chi connectivity index (χ4v) is 4.16. The summed E-state index contributed by atoms with van der Waals surface area (Å²) < 4.78 is 7.27. The Bertz CT molecular complexity index is 1120. The van der Waals surface area contributed by atoms with Crippen molar-refractivity contribution in [2.45, 2.75) is 33.2 Å². The van der Waals surface area contributed by atoms with E-state index >= 15 is 0 Å². The molecule has 0 spiro atoms. The lowest BCUT2D eigenvalue weighted by Crippen LogP contribution is -2.50. The molecule has 1 aliphatic rings. The number of aromatic nitrogens is 2. The number of para-hydroxylation sites is 2. The number of nitrogens with zero attached hydrogens (tertiary/aromatic N) is 3. The van der Waals surface area contributed by atoms with Crippen LogP contribution in [-0.2, 0) is 14.3 Å². The average Bonchev–Trinajstić information content (AvgIpc) is 3.11. The minimum atomic E-state index is -1.07. The molecule has 2 aromatic carbocycles. The third-order valence-electron chi connectivity index (χ3n) is 5.63. The van der Waals surface area contributed by atoms with Gasteiger partial charge in [0.2, 0.25) is 11.9 Å². The molecule has 0 unspecified atom stereocenters. The van der Waals surface area contributed by atoms with Crippen LogP contribution in [0.3, 0.4) is 0 Å². The number of anilines is 1.